The van der Waals surface area contributed by atoms with Gasteiger partial charge >= 0.3 is 11.9 Å². The van der Waals surface area contributed by atoms with Crippen molar-refractivity contribution < 1.29 is 19.8 Å². The average Bonchev–Trinajstić information content (AvgIpc) is 3.16. The lowest BCUT2D eigenvalue weighted by Gasteiger charge is -1.98. The Morgan fingerprint density at radius 1 is 0.692 bits per heavy atom. The minimum atomic E-state index is -1.02. The maximum atomic E-state index is 11.5. The summed E-state index contributed by atoms with van der Waals surface area (Å²) in [5.74, 6) is -2.04. The first kappa shape index (κ1) is 16.9. The van der Waals surface area contributed by atoms with Crippen molar-refractivity contribution in [2.45, 2.75) is 0 Å². The maximum absolute atomic E-state index is 11.5. The monoisotopic (exact) mass is 476 g/mol. The summed E-state index contributed by atoms with van der Waals surface area (Å²) in [6, 6.07) is 10.2. The molecule has 0 unspecified atom stereocenters. The van der Waals surface area contributed by atoms with Gasteiger partial charge in [-0.2, -0.15) is 0 Å². The zero-order valence-electron chi connectivity index (χ0n) is 12.9. The summed E-state index contributed by atoms with van der Waals surface area (Å²) in [4.78, 5) is 29.4. The van der Waals surface area contributed by atoms with E-state index in [2.05, 4.69) is 41.8 Å². The number of aromatic amines is 2. The fourth-order valence-electron chi connectivity index (χ4n) is 3.05. The van der Waals surface area contributed by atoms with Gasteiger partial charge in [0.05, 0.1) is 22.5 Å². The Hall–Kier alpha value is -2.58. The maximum Gasteiger partial charge on any atom is 0.336 e. The fourth-order valence-corrected chi connectivity index (χ4v) is 3.96. The summed E-state index contributed by atoms with van der Waals surface area (Å²) in [6.07, 6.45) is 0. The van der Waals surface area contributed by atoms with E-state index in [1.165, 1.54) is 0 Å². The van der Waals surface area contributed by atoms with Crippen LogP contribution < -0.4 is 0 Å². The van der Waals surface area contributed by atoms with E-state index in [0.29, 0.717) is 42.1 Å². The summed E-state index contributed by atoms with van der Waals surface area (Å²) in [5, 5.41) is 20.0. The summed E-state index contributed by atoms with van der Waals surface area (Å²) < 4.78 is 1.31. The van der Waals surface area contributed by atoms with E-state index in [4.69, 9.17) is 0 Å². The van der Waals surface area contributed by atoms with Crippen LogP contribution in [0.2, 0.25) is 0 Å². The molecule has 0 aliphatic heterocycles. The average molecular weight is 478 g/mol. The van der Waals surface area contributed by atoms with Gasteiger partial charge in [-0.05, 0) is 36.4 Å². The molecule has 2 heterocycles. The van der Waals surface area contributed by atoms with Crippen molar-refractivity contribution in [2.24, 2.45) is 0 Å². The number of hydrogen-bond donors (Lipinski definition) is 4. The van der Waals surface area contributed by atoms with Crippen LogP contribution in [0.25, 0.3) is 33.2 Å². The number of halogens is 2. The van der Waals surface area contributed by atoms with E-state index in [0.717, 1.165) is 0 Å². The standard InChI is InChI=1S/C18H10Br2N2O4/c19-7-1-11(17(23)24)9-5-15(21-13(9)3-7)16-6-10-12(18(25)26)2-8(20)4-14(10)22-16/h1-6,21-22H,(H,23,24)(H,25,26). The Bertz CT molecular complexity index is 1130. The second-order valence-corrected chi connectivity index (χ2v) is 7.64. The van der Waals surface area contributed by atoms with E-state index in [1.807, 2.05) is 0 Å². The first-order valence-electron chi connectivity index (χ1n) is 7.45. The molecule has 0 radical (unpaired) electrons. The number of carbonyl (C=O) groups is 2. The molecule has 0 spiro atoms. The summed E-state index contributed by atoms with van der Waals surface area (Å²) in [5.41, 5.74) is 3.05. The Morgan fingerprint density at radius 2 is 1.08 bits per heavy atom. The van der Waals surface area contributed by atoms with Gasteiger partial charge in [0.25, 0.3) is 0 Å². The minimum absolute atomic E-state index is 0.182. The third kappa shape index (κ3) is 2.71. The van der Waals surface area contributed by atoms with Crippen molar-refractivity contribution in [1.82, 2.24) is 9.97 Å². The Balaban J connectivity index is 1.96. The molecule has 0 aliphatic carbocycles. The number of aromatic carboxylic acids is 2. The van der Waals surface area contributed by atoms with Crippen LogP contribution in [-0.2, 0) is 0 Å². The first-order valence-corrected chi connectivity index (χ1v) is 9.03. The lowest BCUT2D eigenvalue weighted by atomic mass is 10.1. The molecule has 4 N–H and O–H groups in total. The highest BCUT2D eigenvalue weighted by Crippen LogP contribution is 2.32. The van der Waals surface area contributed by atoms with E-state index >= 15 is 0 Å². The zero-order chi connectivity index (χ0) is 18.6. The highest BCUT2D eigenvalue weighted by Gasteiger charge is 2.17. The molecule has 6 nitrogen and oxygen atoms in total. The molecule has 0 atom stereocenters. The van der Waals surface area contributed by atoms with Gasteiger partial charge in [0.1, 0.15) is 0 Å². The van der Waals surface area contributed by atoms with E-state index in [9.17, 15) is 19.8 Å². The molecule has 0 amide bonds. The molecule has 2 aromatic heterocycles. The van der Waals surface area contributed by atoms with E-state index in [1.54, 1.807) is 36.4 Å². The van der Waals surface area contributed by atoms with E-state index in [-0.39, 0.29) is 11.1 Å². The third-order valence-corrected chi connectivity index (χ3v) is 5.07. The van der Waals surface area contributed by atoms with Crippen LogP contribution in [0, 0.1) is 0 Å². The van der Waals surface area contributed by atoms with Crippen molar-refractivity contribution in [2.75, 3.05) is 0 Å². The molecule has 0 aliphatic rings. The van der Waals surface area contributed by atoms with Crippen molar-refractivity contribution >= 4 is 65.6 Å². The summed E-state index contributed by atoms with van der Waals surface area (Å²) >= 11 is 6.63. The molecule has 2 aromatic carbocycles. The number of benzene rings is 2. The molecule has 8 heteroatoms. The van der Waals surface area contributed by atoms with Crippen molar-refractivity contribution in [3.8, 4) is 11.4 Å². The van der Waals surface area contributed by atoms with Crippen molar-refractivity contribution in [3.63, 3.8) is 0 Å². The van der Waals surface area contributed by atoms with Crippen molar-refractivity contribution in [1.29, 1.82) is 0 Å². The van der Waals surface area contributed by atoms with Crippen LogP contribution >= 0.6 is 31.9 Å². The fraction of sp³-hybridized carbons (Fsp3) is 0. The van der Waals surface area contributed by atoms with Crippen molar-refractivity contribution in [3.05, 3.63) is 56.5 Å². The van der Waals surface area contributed by atoms with Gasteiger partial charge in [-0.15, -0.1) is 0 Å². The van der Waals surface area contributed by atoms with Gasteiger partial charge in [-0.25, -0.2) is 9.59 Å². The second kappa shape index (κ2) is 6.00. The number of aromatic nitrogens is 2. The third-order valence-electron chi connectivity index (χ3n) is 4.16. The van der Waals surface area contributed by atoms with Crippen LogP contribution in [0.4, 0.5) is 0 Å². The molecule has 0 saturated carbocycles. The molecular formula is C18H10Br2N2O4. The number of H-pyrrole nitrogens is 2. The zero-order valence-corrected chi connectivity index (χ0v) is 16.1. The number of carboxylic acid groups (broad SMARTS) is 2. The van der Waals surface area contributed by atoms with Crippen LogP contribution in [0.5, 0.6) is 0 Å². The molecule has 0 saturated heterocycles. The van der Waals surface area contributed by atoms with Gasteiger partial charge in [0, 0.05) is 30.8 Å². The summed E-state index contributed by atoms with van der Waals surface area (Å²) in [6.45, 7) is 0. The Labute approximate surface area is 163 Å². The highest BCUT2D eigenvalue weighted by molar-refractivity contribution is 9.10. The number of carboxylic acids is 2. The lowest BCUT2D eigenvalue weighted by molar-refractivity contribution is 0.0688. The molecule has 0 bridgehead atoms. The number of nitrogens with one attached hydrogen (secondary N) is 2. The first-order chi connectivity index (χ1) is 12.3. The predicted octanol–water partition coefficient (Wildman–Crippen LogP) is 5.24. The molecule has 0 fully saturated rings. The topological polar surface area (TPSA) is 106 Å². The number of fused-ring (bicyclic) bond motifs is 2. The highest BCUT2D eigenvalue weighted by atomic mass is 79.9. The minimum Gasteiger partial charge on any atom is -0.478 e. The summed E-state index contributed by atoms with van der Waals surface area (Å²) in [7, 11) is 0. The van der Waals surface area contributed by atoms with Gasteiger partial charge in [0.15, 0.2) is 0 Å². The van der Waals surface area contributed by atoms with Gasteiger partial charge in [-0.1, -0.05) is 31.9 Å². The predicted molar refractivity (Wildman–Crippen MR) is 105 cm³/mol. The Morgan fingerprint density at radius 3 is 1.42 bits per heavy atom. The molecular weight excluding hydrogens is 468 g/mol. The van der Waals surface area contributed by atoms with E-state index < -0.39 is 11.9 Å². The van der Waals surface area contributed by atoms with Crippen LogP contribution in [0.3, 0.4) is 0 Å². The van der Waals surface area contributed by atoms with Gasteiger partial charge in [-0.3, -0.25) is 0 Å². The number of rotatable bonds is 3. The molecule has 4 aromatic rings. The lowest BCUT2D eigenvalue weighted by Crippen LogP contribution is -1.96. The smallest absolute Gasteiger partial charge is 0.336 e. The van der Waals surface area contributed by atoms with Gasteiger partial charge in [0.2, 0.25) is 0 Å². The quantitative estimate of drug-likeness (QED) is 0.323. The Kier molecular flexibility index (Phi) is 3.89. The molecule has 130 valence electrons. The van der Waals surface area contributed by atoms with Gasteiger partial charge < -0.3 is 20.2 Å². The van der Waals surface area contributed by atoms with Crippen LogP contribution in [0.1, 0.15) is 20.7 Å². The second-order valence-electron chi connectivity index (χ2n) is 5.81. The SMILES string of the molecule is O=C(O)c1cc(Br)cc2[nH]c(-c3cc4c(C(=O)O)cc(Br)cc4[nH]3)cc12. The number of hydrogen-bond acceptors (Lipinski definition) is 2. The molecule has 4 rings (SSSR count). The normalized spacial score (nSPS) is 11.3. The van der Waals surface area contributed by atoms with Crippen LogP contribution in [-0.4, -0.2) is 32.1 Å². The van der Waals surface area contributed by atoms with Crippen LogP contribution in [0.15, 0.2) is 45.3 Å². The molecule has 26 heavy (non-hydrogen) atoms. The largest absolute Gasteiger partial charge is 0.478 e.